The van der Waals surface area contributed by atoms with Crippen LogP contribution in [0.2, 0.25) is 0 Å². The Kier molecular flexibility index (Phi) is 3.33. The highest BCUT2D eigenvalue weighted by atomic mass is 16.5. The molecule has 0 bridgehead atoms. The highest BCUT2D eigenvalue weighted by molar-refractivity contribution is 5.41. The summed E-state index contributed by atoms with van der Waals surface area (Å²) in [5, 5.41) is 22.8. The fourth-order valence-corrected chi connectivity index (χ4v) is 11.7. The molecule has 2 N–H and O–H groups in total. The number of hydroxylamine groups is 2. The molecule has 3 spiro atoms. The van der Waals surface area contributed by atoms with Crippen LogP contribution in [0.4, 0.5) is 0 Å². The monoisotopic (exact) mass is 425 g/mol. The average Bonchev–Trinajstić information content (AvgIpc) is 3.19. The van der Waals surface area contributed by atoms with Gasteiger partial charge < -0.3 is 15.1 Å². The topological polar surface area (TPSA) is 52.9 Å². The molecular weight excluding hydrogens is 386 g/mol. The number of aliphatic hydroxyl groups is 1. The maximum absolute atomic E-state index is 10.8. The van der Waals surface area contributed by atoms with Crippen LogP contribution in [0.15, 0.2) is 11.6 Å². The molecule has 0 aromatic rings. The second kappa shape index (κ2) is 5.45. The molecule has 8 rings (SSSR count). The van der Waals surface area contributed by atoms with Gasteiger partial charge in [-0.1, -0.05) is 25.5 Å². The molecule has 0 radical (unpaired) electrons. The van der Waals surface area contributed by atoms with Crippen LogP contribution in [0.25, 0.3) is 0 Å². The number of nitrogens with zero attached hydrogens (tertiary/aromatic N) is 1. The molecule has 6 aliphatic carbocycles. The molecule has 0 aromatic heterocycles. The number of ether oxygens (including phenoxy) is 1. The summed E-state index contributed by atoms with van der Waals surface area (Å²) in [6.07, 6.45) is 14.9. The maximum Gasteiger partial charge on any atom is 0.0793 e. The molecule has 4 heteroatoms. The van der Waals surface area contributed by atoms with Gasteiger partial charge in [0.15, 0.2) is 0 Å². The van der Waals surface area contributed by atoms with Crippen LogP contribution in [-0.4, -0.2) is 45.8 Å². The van der Waals surface area contributed by atoms with Crippen molar-refractivity contribution in [3.05, 3.63) is 11.6 Å². The lowest BCUT2D eigenvalue weighted by Crippen LogP contribution is -2.64. The zero-order chi connectivity index (χ0) is 21.0. The number of rotatable bonds is 0. The number of fused-ring (bicyclic) bond motifs is 6. The molecule has 2 saturated heterocycles. The Hall–Kier alpha value is -0.420. The van der Waals surface area contributed by atoms with E-state index in [-0.39, 0.29) is 23.9 Å². The van der Waals surface area contributed by atoms with E-state index in [9.17, 15) is 10.3 Å². The molecule has 2 heterocycles. The first-order valence-corrected chi connectivity index (χ1v) is 13.3. The minimum atomic E-state index is -0.111. The largest absolute Gasteiger partial charge is 0.393 e. The molecule has 5 saturated carbocycles. The summed E-state index contributed by atoms with van der Waals surface area (Å²) < 4.78 is 7.10. The number of allylic oxidation sites excluding steroid dienone is 1. The zero-order valence-corrected chi connectivity index (χ0v) is 19.2. The molecule has 12 atom stereocenters. The van der Waals surface area contributed by atoms with Crippen molar-refractivity contribution in [3.63, 3.8) is 0 Å². The quantitative estimate of drug-likeness (QED) is 0.559. The Morgan fingerprint density at radius 1 is 1.13 bits per heavy atom. The van der Waals surface area contributed by atoms with Crippen molar-refractivity contribution in [1.82, 2.24) is 5.06 Å². The van der Waals surface area contributed by atoms with E-state index in [0.29, 0.717) is 28.1 Å². The summed E-state index contributed by atoms with van der Waals surface area (Å²) >= 11 is 0. The highest BCUT2D eigenvalue weighted by Gasteiger charge is 2.91. The van der Waals surface area contributed by atoms with Crippen molar-refractivity contribution in [3.8, 4) is 0 Å². The van der Waals surface area contributed by atoms with Crippen molar-refractivity contribution < 1.29 is 15.1 Å². The van der Waals surface area contributed by atoms with Crippen molar-refractivity contribution in [2.75, 3.05) is 6.54 Å². The molecule has 3 unspecified atom stereocenters. The lowest BCUT2D eigenvalue weighted by molar-refractivity contribution is -0.212. The SMILES string of the molecule is C[C@H]1C[C@H]2O[C@@]34CC[C@H]5[C@@H]6CC=C7C[C@@H](O)CCC7(C)[C@H]6CC56CC63C[C@@H]4[C@@H]2N(O)C1. The molecule has 4 nitrogen and oxygen atoms in total. The van der Waals surface area contributed by atoms with Crippen LogP contribution < -0.4 is 0 Å². The number of piperidine rings is 1. The van der Waals surface area contributed by atoms with Gasteiger partial charge in [0, 0.05) is 17.9 Å². The standard InChI is InChI=1S/C27H39NO3/c1-15-9-22-23(28(30)13-15)21-12-26-14-25(26)11-20-18(19(25)6-8-27(21,26)31-22)4-3-16-10-17(29)5-7-24(16,20)2/h3,15,17-23,29-30H,4-14H2,1-2H3/t15-,17-,18-,19-,20-,21+,22+,23-,24?,25?,26?,27+/m0/s1. The van der Waals surface area contributed by atoms with Gasteiger partial charge in [-0.2, -0.15) is 5.06 Å². The summed E-state index contributed by atoms with van der Waals surface area (Å²) in [5.41, 5.74) is 2.95. The van der Waals surface area contributed by atoms with Crippen molar-refractivity contribution in [2.24, 2.45) is 45.8 Å². The molecule has 31 heavy (non-hydrogen) atoms. The van der Waals surface area contributed by atoms with E-state index in [4.69, 9.17) is 4.74 Å². The Balaban J connectivity index is 1.14. The Bertz CT molecular complexity index is 888. The normalized spacial score (nSPS) is 65.7. The third kappa shape index (κ3) is 1.87. The number of aliphatic hydroxyl groups excluding tert-OH is 1. The first-order valence-electron chi connectivity index (χ1n) is 13.3. The highest BCUT2D eigenvalue weighted by Crippen LogP contribution is 2.93. The number of hydrogen-bond donors (Lipinski definition) is 2. The van der Waals surface area contributed by atoms with E-state index in [0.717, 1.165) is 43.6 Å². The molecule has 0 amide bonds. The minimum absolute atomic E-state index is 0.0806. The summed E-state index contributed by atoms with van der Waals surface area (Å²) in [6, 6.07) is 0.255. The van der Waals surface area contributed by atoms with E-state index in [1.165, 1.54) is 44.9 Å². The van der Waals surface area contributed by atoms with Gasteiger partial charge in [-0.05, 0) is 98.7 Å². The molecular formula is C27H39NO3. The summed E-state index contributed by atoms with van der Waals surface area (Å²) in [4.78, 5) is 0. The van der Waals surface area contributed by atoms with E-state index >= 15 is 0 Å². The second-order valence-electron chi connectivity index (χ2n) is 13.6. The predicted octanol–water partition coefficient (Wildman–Crippen LogP) is 4.55. The van der Waals surface area contributed by atoms with Gasteiger partial charge in [-0.25, -0.2) is 0 Å². The van der Waals surface area contributed by atoms with Gasteiger partial charge >= 0.3 is 0 Å². The predicted molar refractivity (Wildman–Crippen MR) is 116 cm³/mol. The third-order valence-electron chi connectivity index (χ3n) is 12.9. The molecule has 170 valence electrons. The van der Waals surface area contributed by atoms with Crippen molar-refractivity contribution in [2.45, 2.75) is 102 Å². The fraction of sp³-hybridized carbons (Fsp3) is 0.926. The lowest BCUT2D eigenvalue weighted by Gasteiger charge is -2.60. The van der Waals surface area contributed by atoms with Gasteiger partial charge in [0.05, 0.1) is 23.9 Å². The van der Waals surface area contributed by atoms with E-state index in [1.54, 1.807) is 10.6 Å². The first kappa shape index (κ1) is 18.9. The van der Waals surface area contributed by atoms with E-state index < -0.39 is 0 Å². The zero-order valence-electron chi connectivity index (χ0n) is 19.2. The van der Waals surface area contributed by atoms with Crippen LogP contribution in [0.3, 0.4) is 0 Å². The van der Waals surface area contributed by atoms with Crippen molar-refractivity contribution in [1.29, 1.82) is 0 Å². The minimum Gasteiger partial charge on any atom is -0.393 e. The molecule has 2 aliphatic heterocycles. The Morgan fingerprint density at radius 3 is 2.87 bits per heavy atom. The third-order valence-corrected chi connectivity index (χ3v) is 12.9. The Morgan fingerprint density at radius 2 is 2.00 bits per heavy atom. The van der Waals surface area contributed by atoms with E-state index in [1.807, 2.05) is 0 Å². The van der Waals surface area contributed by atoms with Crippen LogP contribution in [0.1, 0.15) is 78.1 Å². The Labute approximate surface area is 186 Å². The summed E-state index contributed by atoms with van der Waals surface area (Å²) in [6.45, 7) is 5.64. The summed E-state index contributed by atoms with van der Waals surface area (Å²) in [7, 11) is 0. The van der Waals surface area contributed by atoms with Crippen LogP contribution in [0.5, 0.6) is 0 Å². The van der Waals surface area contributed by atoms with Crippen LogP contribution >= 0.6 is 0 Å². The first-order chi connectivity index (χ1) is 14.8. The second-order valence-corrected chi connectivity index (χ2v) is 13.6. The fourth-order valence-electron chi connectivity index (χ4n) is 11.7. The summed E-state index contributed by atoms with van der Waals surface area (Å²) in [5.74, 6) is 3.66. The maximum atomic E-state index is 10.8. The molecule has 8 aliphatic rings. The van der Waals surface area contributed by atoms with Gasteiger partial charge in [0.25, 0.3) is 0 Å². The van der Waals surface area contributed by atoms with E-state index in [2.05, 4.69) is 19.9 Å². The van der Waals surface area contributed by atoms with Gasteiger partial charge in [0.2, 0.25) is 0 Å². The molecule has 0 aromatic carbocycles. The lowest BCUT2D eigenvalue weighted by atomic mass is 9.48. The smallest absolute Gasteiger partial charge is 0.0793 e. The van der Waals surface area contributed by atoms with Crippen molar-refractivity contribution >= 4 is 0 Å². The van der Waals surface area contributed by atoms with Gasteiger partial charge in [0.1, 0.15) is 0 Å². The molecule has 7 fully saturated rings. The van der Waals surface area contributed by atoms with Crippen LogP contribution in [-0.2, 0) is 4.74 Å². The van der Waals surface area contributed by atoms with Gasteiger partial charge in [-0.15, -0.1) is 0 Å². The van der Waals surface area contributed by atoms with Crippen LogP contribution in [0, 0.1) is 45.8 Å². The number of hydrogen-bond acceptors (Lipinski definition) is 4. The average molecular weight is 426 g/mol. The van der Waals surface area contributed by atoms with Gasteiger partial charge in [-0.3, -0.25) is 0 Å².